The van der Waals surface area contributed by atoms with Gasteiger partial charge in [-0.25, -0.2) is 14.3 Å². The molecule has 3 heterocycles. The van der Waals surface area contributed by atoms with Crippen LogP contribution in [0.25, 0.3) is 0 Å². The Hall–Kier alpha value is -4.15. The first kappa shape index (κ1) is 43.6. The van der Waals surface area contributed by atoms with Crippen LogP contribution >= 0.6 is 0 Å². The topological polar surface area (TPSA) is 135 Å². The number of benzene rings is 1. The van der Waals surface area contributed by atoms with Gasteiger partial charge in [-0.3, -0.25) is 19.3 Å². The molecule has 0 bridgehead atoms. The second-order valence-corrected chi connectivity index (χ2v) is 15.9. The van der Waals surface area contributed by atoms with Crippen molar-refractivity contribution in [2.75, 3.05) is 14.2 Å². The van der Waals surface area contributed by atoms with E-state index in [1.807, 2.05) is 38.1 Å². The zero-order valence-electron chi connectivity index (χ0n) is 34.2. The standard InChI is InChI=1S/C43H59N3O9/c1-13-32-15-17-33(18-16-32)24-45(11)34-21-28(5)52-40(29(34)6)54-38-30(7)37(48)31(8)39(49)53-35(14-2)42(9,55-41(50)46-20-19-44-25-46)22-26(3)36(47)27(4)23-43(38,10)51-12/h1,15-20,22,25,27-31,34-35,38,40H,14,21,23-24H2,2-12H3/b26-22+/t27-,28-,29-,30+,31-,34+,35-,38-,40+,42+,43-/m1/s1. The van der Waals surface area contributed by atoms with Crippen molar-refractivity contribution in [1.29, 1.82) is 0 Å². The van der Waals surface area contributed by atoms with Gasteiger partial charge in [-0.15, -0.1) is 6.42 Å². The third-order valence-electron chi connectivity index (χ3n) is 11.5. The average molecular weight is 762 g/mol. The first-order valence-electron chi connectivity index (χ1n) is 19.2. The minimum absolute atomic E-state index is 0.0599. The molecule has 0 radical (unpaired) electrons. The van der Waals surface area contributed by atoms with Gasteiger partial charge in [0.15, 0.2) is 23.5 Å². The molecule has 12 heteroatoms. The van der Waals surface area contributed by atoms with E-state index in [-0.39, 0.29) is 36.7 Å². The number of terminal acetylenes is 1. The smallest absolute Gasteiger partial charge is 0.420 e. The summed E-state index contributed by atoms with van der Waals surface area (Å²) in [6.07, 6.45) is 8.76. The number of cyclic esters (lactones) is 1. The number of rotatable bonds is 8. The molecular formula is C43H59N3O9. The van der Waals surface area contributed by atoms with E-state index in [1.54, 1.807) is 34.6 Å². The molecule has 0 amide bonds. The lowest BCUT2D eigenvalue weighted by Crippen LogP contribution is -2.57. The fourth-order valence-corrected chi connectivity index (χ4v) is 8.14. The van der Waals surface area contributed by atoms with E-state index < -0.39 is 65.3 Å². The van der Waals surface area contributed by atoms with Crippen LogP contribution in [-0.4, -0.2) is 94.1 Å². The van der Waals surface area contributed by atoms with Gasteiger partial charge in [-0.1, -0.05) is 45.7 Å². The molecule has 1 aromatic heterocycles. The van der Waals surface area contributed by atoms with Crippen LogP contribution in [0.4, 0.5) is 4.79 Å². The summed E-state index contributed by atoms with van der Waals surface area (Å²) < 4.78 is 32.7. The molecule has 2 aromatic rings. The molecule has 0 unspecified atom stereocenters. The van der Waals surface area contributed by atoms with Gasteiger partial charge in [0.2, 0.25) is 0 Å². The second kappa shape index (κ2) is 18.2. The van der Waals surface area contributed by atoms with Crippen LogP contribution < -0.4 is 0 Å². The Bertz CT molecular complexity index is 1730. The molecule has 55 heavy (non-hydrogen) atoms. The second-order valence-electron chi connectivity index (χ2n) is 15.9. The fraction of sp³-hybridized carbons (Fsp3) is 0.605. The van der Waals surface area contributed by atoms with Crippen molar-refractivity contribution in [3.63, 3.8) is 0 Å². The van der Waals surface area contributed by atoms with E-state index in [9.17, 15) is 19.2 Å². The first-order chi connectivity index (χ1) is 25.9. The van der Waals surface area contributed by atoms with Crippen LogP contribution in [0.3, 0.4) is 0 Å². The maximum absolute atomic E-state index is 14.4. The van der Waals surface area contributed by atoms with Gasteiger partial charge in [0.1, 0.15) is 18.3 Å². The number of esters is 1. The number of carbonyl (C=O) groups is 4. The number of nitrogens with zero attached hydrogens (tertiary/aromatic N) is 3. The van der Waals surface area contributed by atoms with Crippen molar-refractivity contribution in [1.82, 2.24) is 14.5 Å². The van der Waals surface area contributed by atoms with E-state index in [0.29, 0.717) is 12.1 Å². The number of imidazole rings is 1. The monoisotopic (exact) mass is 761 g/mol. The molecule has 4 rings (SSSR count). The van der Waals surface area contributed by atoms with Crippen molar-refractivity contribution in [3.05, 3.63) is 65.8 Å². The largest absolute Gasteiger partial charge is 0.457 e. The molecule has 2 aliphatic heterocycles. The summed E-state index contributed by atoms with van der Waals surface area (Å²) in [5.41, 5.74) is -0.508. The molecule has 1 saturated heterocycles. The minimum atomic E-state index is -1.57. The summed E-state index contributed by atoms with van der Waals surface area (Å²) in [4.78, 5) is 61.7. The Labute approximate surface area is 326 Å². The maximum Gasteiger partial charge on any atom is 0.420 e. The lowest BCUT2D eigenvalue weighted by molar-refractivity contribution is -0.281. The molecular weight excluding hydrogens is 702 g/mol. The highest BCUT2D eigenvalue weighted by Gasteiger charge is 2.50. The molecule has 1 fully saturated rings. The summed E-state index contributed by atoms with van der Waals surface area (Å²) in [7, 11) is 3.60. The Morgan fingerprint density at radius 3 is 2.36 bits per heavy atom. The van der Waals surface area contributed by atoms with Crippen LogP contribution in [0.1, 0.15) is 92.7 Å². The van der Waals surface area contributed by atoms with Crippen molar-refractivity contribution < 1.29 is 42.9 Å². The van der Waals surface area contributed by atoms with Crippen molar-refractivity contribution in [3.8, 4) is 12.3 Å². The van der Waals surface area contributed by atoms with Gasteiger partial charge in [0.05, 0.1) is 17.8 Å². The van der Waals surface area contributed by atoms with E-state index >= 15 is 0 Å². The molecule has 0 saturated carbocycles. The number of allylic oxidation sites excluding steroid dienone is 1. The van der Waals surface area contributed by atoms with E-state index in [0.717, 1.165) is 22.1 Å². The van der Waals surface area contributed by atoms with E-state index in [2.05, 4.69) is 29.8 Å². The number of carbonyl (C=O) groups excluding carboxylic acids is 4. The normalized spacial score (nSPS) is 34.9. The average Bonchev–Trinajstić information content (AvgIpc) is 3.71. The van der Waals surface area contributed by atoms with E-state index in [1.165, 1.54) is 38.8 Å². The summed E-state index contributed by atoms with van der Waals surface area (Å²) in [5, 5.41) is 0. The molecule has 12 nitrogen and oxygen atoms in total. The van der Waals surface area contributed by atoms with E-state index in [4.69, 9.17) is 30.1 Å². The Morgan fingerprint density at radius 1 is 1.11 bits per heavy atom. The number of methoxy groups -OCH3 is 1. The van der Waals surface area contributed by atoms with Gasteiger partial charge in [-0.2, -0.15) is 0 Å². The van der Waals surface area contributed by atoms with Crippen LogP contribution in [0, 0.1) is 36.0 Å². The number of ketones is 2. The molecule has 2 aliphatic rings. The number of Topliss-reactive ketones (excluding diaryl/α,β-unsaturated/α-hetero) is 2. The predicted molar refractivity (Wildman–Crippen MR) is 207 cm³/mol. The lowest BCUT2D eigenvalue weighted by Gasteiger charge is -2.48. The predicted octanol–water partition coefficient (Wildman–Crippen LogP) is 6.39. The number of hydrogen-bond donors (Lipinski definition) is 0. The molecule has 0 aliphatic carbocycles. The third kappa shape index (κ3) is 10.00. The summed E-state index contributed by atoms with van der Waals surface area (Å²) >= 11 is 0. The van der Waals surface area contributed by atoms with Crippen LogP contribution in [0.5, 0.6) is 0 Å². The zero-order valence-corrected chi connectivity index (χ0v) is 34.2. The van der Waals surface area contributed by atoms with Gasteiger partial charge in [0, 0.05) is 55.4 Å². The molecule has 0 spiro atoms. The lowest BCUT2D eigenvalue weighted by atomic mass is 9.76. The van der Waals surface area contributed by atoms with Crippen LogP contribution in [0.15, 0.2) is 54.6 Å². The van der Waals surface area contributed by atoms with Crippen molar-refractivity contribution >= 4 is 23.6 Å². The number of aromatic nitrogens is 2. The Morgan fingerprint density at radius 2 is 1.78 bits per heavy atom. The highest BCUT2D eigenvalue weighted by Crippen LogP contribution is 2.39. The summed E-state index contributed by atoms with van der Waals surface area (Å²) in [6, 6.07) is 7.98. The first-order valence-corrected chi connectivity index (χ1v) is 19.2. The zero-order chi connectivity index (χ0) is 40.8. The Balaban J connectivity index is 1.70. The molecule has 1 aromatic carbocycles. The highest BCUT2D eigenvalue weighted by molar-refractivity contribution is 6.00. The molecule has 0 N–H and O–H groups in total. The number of hydrogen-bond acceptors (Lipinski definition) is 11. The SMILES string of the molecule is C#Cc1ccc(CN(C)[C@H]2C[C@@H](C)O[C@@H](O[C@@H]3[C@@H](C)C(=O)[C@@H](C)C(=O)O[C@H](CC)[C@@](C)(OC(=O)n4ccnc4)/C=C(\C)C(=O)[C@H](C)C[C@@]3(C)OC)[C@@H]2C)cc1. The van der Waals surface area contributed by atoms with Gasteiger partial charge < -0.3 is 23.7 Å². The highest BCUT2D eigenvalue weighted by atomic mass is 16.7. The maximum atomic E-state index is 14.4. The molecule has 11 atom stereocenters. The fourth-order valence-electron chi connectivity index (χ4n) is 8.14. The Kier molecular flexibility index (Phi) is 14.4. The summed E-state index contributed by atoms with van der Waals surface area (Å²) in [6.45, 7) is 16.6. The van der Waals surface area contributed by atoms with Crippen LogP contribution in [-0.2, 0) is 44.6 Å². The van der Waals surface area contributed by atoms with Gasteiger partial charge in [0.25, 0.3) is 0 Å². The molecule has 300 valence electrons. The minimum Gasteiger partial charge on any atom is -0.457 e. The summed E-state index contributed by atoms with van der Waals surface area (Å²) in [5.74, 6) is -1.64. The van der Waals surface area contributed by atoms with Gasteiger partial charge in [-0.05, 0) is 90.3 Å². The third-order valence-corrected chi connectivity index (χ3v) is 11.5. The van der Waals surface area contributed by atoms with Crippen molar-refractivity contribution in [2.24, 2.45) is 23.7 Å². The van der Waals surface area contributed by atoms with Crippen molar-refractivity contribution in [2.45, 2.75) is 130 Å². The van der Waals surface area contributed by atoms with Gasteiger partial charge >= 0.3 is 12.1 Å². The quantitative estimate of drug-likeness (QED) is 0.168. The van der Waals surface area contributed by atoms with Crippen LogP contribution in [0.2, 0.25) is 0 Å². The number of ether oxygens (including phenoxy) is 5.